The zero-order valence-electron chi connectivity index (χ0n) is 7.55. The molecule has 2 rings (SSSR count). The summed E-state index contributed by atoms with van der Waals surface area (Å²) in [5.74, 6) is 0.962. The molecule has 0 bridgehead atoms. The van der Waals surface area contributed by atoms with Crippen LogP contribution in [-0.4, -0.2) is 24.0 Å². The first kappa shape index (κ1) is 7.60. The first-order valence-corrected chi connectivity index (χ1v) is 5.10. The van der Waals surface area contributed by atoms with Gasteiger partial charge < -0.3 is 4.90 Å². The molecule has 2 fully saturated rings. The number of rotatable bonds is 0. The van der Waals surface area contributed by atoms with E-state index in [2.05, 4.69) is 11.8 Å². The summed E-state index contributed by atoms with van der Waals surface area (Å²) in [7, 11) is 0. The molecule has 2 heterocycles. The van der Waals surface area contributed by atoms with Crippen LogP contribution in [0.5, 0.6) is 0 Å². The van der Waals surface area contributed by atoms with Gasteiger partial charge in [-0.25, -0.2) is 0 Å². The van der Waals surface area contributed by atoms with Crippen LogP contribution in [0.2, 0.25) is 0 Å². The van der Waals surface area contributed by atoms with Crippen LogP contribution in [0.15, 0.2) is 0 Å². The summed E-state index contributed by atoms with van der Waals surface area (Å²) in [6.45, 7) is 5.16. The number of piperidine rings is 2. The van der Waals surface area contributed by atoms with Crippen molar-refractivity contribution in [2.75, 3.05) is 13.1 Å². The average Bonchev–Trinajstić information content (AvgIpc) is 2.04. The fourth-order valence-electron chi connectivity index (χ4n) is 2.60. The fourth-order valence-corrected chi connectivity index (χ4v) is 2.60. The molecule has 0 N–H and O–H groups in total. The normalized spacial score (nSPS) is 40.1. The molecule has 2 saturated heterocycles. The molecule has 2 aliphatic heterocycles. The Morgan fingerprint density at radius 1 is 1.09 bits per heavy atom. The molecule has 0 amide bonds. The highest BCUT2D eigenvalue weighted by atomic mass is 15.2. The minimum atomic E-state index is 0.962. The van der Waals surface area contributed by atoms with E-state index in [-0.39, 0.29) is 0 Å². The second kappa shape index (κ2) is 3.14. The van der Waals surface area contributed by atoms with Crippen LogP contribution in [-0.2, 0) is 0 Å². The van der Waals surface area contributed by atoms with Crippen molar-refractivity contribution in [1.82, 2.24) is 4.90 Å². The van der Waals surface area contributed by atoms with E-state index in [9.17, 15) is 0 Å². The van der Waals surface area contributed by atoms with Crippen molar-refractivity contribution in [3.63, 3.8) is 0 Å². The number of hydrogen-bond donors (Lipinski definition) is 0. The third-order valence-corrected chi connectivity index (χ3v) is 3.29. The van der Waals surface area contributed by atoms with Crippen LogP contribution in [0.25, 0.3) is 0 Å². The summed E-state index contributed by atoms with van der Waals surface area (Å²) in [6, 6.07) is 0.972. The lowest BCUT2D eigenvalue weighted by Crippen LogP contribution is -2.45. The van der Waals surface area contributed by atoms with Gasteiger partial charge in [0.15, 0.2) is 0 Å². The Morgan fingerprint density at radius 3 is 2.91 bits per heavy atom. The maximum Gasteiger partial charge on any atom is 0.00954 e. The second-order valence-corrected chi connectivity index (χ2v) is 4.33. The van der Waals surface area contributed by atoms with Gasteiger partial charge in [0.2, 0.25) is 0 Å². The standard InChI is InChI=1S/C10H19N/c1-9-5-6-10-4-2-3-7-11(10)8-9/h9-10H,2-8H2,1H3/t9-,10+/m1/s1. The molecule has 0 aromatic heterocycles. The van der Waals surface area contributed by atoms with Gasteiger partial charge in [0.1, 0.15) is 0 Å². The SMILES string of the molecule is C[C@@H]1CC[C@@H]2CCCCN2C1. The fraction of sp³-hybridized carbons (Fsp3) is 1.00. The van der Waals surface area contributed by atoms with Gasteiger partial charge in [0, 0.05) is 12.6 Å². The van der Waals surface area contributed by atoms with Gasteiger partial charge in [-0.2, -0.15) is 0 Å². The van der Waals surface area contributed by atoms with Crippen molar-refractivity contribution in [3.8, 4) is 0 Å². The average molecular weight is 153 g/mol. The number of nitrogens with zero attached hydrogens (tertiary/aromatic N) is 1. The summed E-state index contributed by atoms with van der Waals surface area (Å²) in [4.78, 5) is 2.72. The molecule has 0 aromatic rings. The highest BCUT2D eigenvalue weighted by Crippen LogP contribution is 2.28. The first-order chi connectivity index (χ1) is 5.36. The summed E-state index contributed by atoms with van der Waals surface area (Å²) in [5, 5.41) is 0. The van der Waals surface area contributed by atoms with E-state index < -0.39 is 0 Å². The Labute approximate surface area is 69.8 Å². The highest BCUT2D eigenvalue weighted by Gasteiger charge is 2.27. The zero-order valence-corrected chi connectivity index (χ0v) is 7.55. The third-order valence-electron chi connectivity index (χ3n) is 3.29. The lowest BCUT2D eigenvalue weighted by molar-refractivity contribution is 0.0808. The first-order valence-electron chi connectivity index (χ1n) is 5.10. The summed E-state index contributed by atoms with van der Waals surface area (Å²) < 4.78 is 0. The van der Waals surface area contributed by atoms with Gasteiger partial charge in [0.25, 0.3) is 0 Å². The third kappa shape index (κ3) is 1.58. The van der Waals surface area contributed by atoms with E-state index in [0.717, 1.165) is 12.0 Å². The zero-order chi connectivity index (χ0) is 7.68. The Hall–Kier alpha value is -0.0400. The minimum absolute atomic E-state index is 0.962. The van der Waals surface area contributed by atoms with Crippen molar-refractivity contribution in [1.29, 1.82) is 0 Å². The lowest BCUT2D eigenvalue weighted by Gasteiger charge is -2.41. The number of fused-ring (bicyclic) bond motifs is 1. The quantitative estimate of drug-likeness (QED) is 0.516. The van der Waals surface area contributed by atoms with Crippen LogP contribution < -0.4 is 0 Å². The molecule has 0 saturated carbocycles. The molecule has 2 atom stereocenters. The molecule has 0 aromatic carbocycles. The predicted octanol–water partition coefficient (Wildman–Crippen LogP) is 2.27. The van der Waals surface area contributed by atoms with Crippen LogP contribution in [0.3, 0.4) is 0 Å². The van der Waals surface area contributed by atoms with Crippen LogP contribution in [0.4, 0.5) is 0 Å². The highest BCUT2D eigenvalue weighted by molar-refractivity contribution is 4.82. The van der Waals surface area contributed by atoms with Crippen LogP contribution in [0.1, 0.15) is 39.0 Å². The Bertz CT molecular complexity index is 133. The van der Waals surface area contributed by atoms with Crippen molar-refractivity contribution >= 4 is 0 Å². The summed E-state index contributed by atoms with van der Waals surface area (Å²) >= 11 is 0. The molecule has 0 spiro atoms. The van der Waals surface area contributed by atoms with Crippen LogP contribution >= 0.6 is 0 Å². The van der Waals surface area contributed by atoms with E-state index in [1.807, 2.05) is 0 Å². The molecule has 2 aliphatic rings. The van der Waals surface area contributed by atoms with Crippen LogP contribution in [0, 0.1) is 5.92 Å². The maximum atomic E-state index is 2.72. The summed E-state index contributed by atoms with van der Waals surface area (Å²) in [5.41, 5.74) is 0. The smallest absolute Gasteiger partial charge is 0.00954 e. The Kier molecular flexibility index (Phi) is 2.17. The van der Waals surface area contributed by atoms with Crippen molar-refractivity contribution < 1.29 is 0 Å². The molecule has 1 nitrogen and oxygen atoms in total. The maximum absolute atomic E-state index is 2.72. The Balaban J connectivity index is 1.93. The summed E-state index contributed by atoms with van der Waals surface area (Å²) in [6.07, 6.45) is 7.35. The van der Waals surface area contributed by atoms with Gasteiger partial charge in [-0.3, -0.25) is 0 Å². The van der Waals surface area contributed by atoms with Crippen molar-refractivity contribution in [2.24, 2.45) is 5.92 Å². The van der Waals surface area contributed by atoms with Gasteiger partial charge in [0.05, 0.1) is 0 Å². The van der Waals surface area contributed by atoms with Gasteiger partial charge in [-0.1, -0.05) is 13.3 Å². The molecular weight excluding hydrogens is 134 g/mol. The van der Waals surface area contributed by atoms with Gasteiger partial charge >= 0.3 is 0 Å². The molecule has 1 heteroatoms. The largest absolute Gasteiger partial charge is 0.300 e. The number of hydrogen-bond acceptors (Lipinski definition) is 1. The molecule has 11 heavy (non-hydrogen) atoms. The van der Waals surface area contributed by atoms with Crippen molar-refractivity contribution in [3.05, 3.63) is 0 Å². The molecular formula is C10H19N. The topological polar surface area (TPSA) is 3.24 Å². The monoisotopic (exact) mass is 153 g/mol. The second-order valence-electron chi connectivity index (χ2n) is 4.33. The lowest BCUT2D eigenvalue weighted by atomic mass is 9.88. The minimum Gasteiger partial charge on any atom is -0.300 e. The molecule has 64 valence electrons. The van der Waals surface area contributed by atoms with E-state index in [1.165, 1.54) is 45.2 Å². The molecule has 0 aliphatic carbocycles. The van der Waals surface area contributed by atoms with E-state index >= 15 is 0 Å². The molecule has 0 radical (unpaired) electrons. The predicted molar refractivity (Wildman–Crippen MR) is 47.6 cm³/mol. The van der Waals surface area contributed by atoms with E-state index in [0.29, 0.717) is 0 Å². The van der Waals surface area contributed by atoms with Gasteiger partial charge in [-0.15, -0.1) is 0 Å². The van der Waals surface area contributed by atoms with E-state index in [4.69, 9.17) is 0 Å². The van der Waals surface area contributed by atoms with Crippen molar-refractivity contribution in [2.45, 2.75) is 45.1 Å². The molecule has 0 unspecified atom stereocenters. The Morgan fingerprint density at radius 2 is 2.00 bits per heavy atom. The van der Waals surface area contributed by atoms with Gasteiger partial charge in [-0.05, 0) is 38.1 Å². The van der Waals surface area contributed by atoms with E-state index in [1.54, 1.807) is 0 Å².